The Labute approximate surface area is 204 Å². The van der Waals surface area contributed by atoms with Crippen molar-refractivity contribution in [3.63, 3.8) is 0 Å². The summed E-state index contributed by atoms with van der Waals surface area (Å²) in [5.74, 6) is -0.188. The van der Waals surface area contributed by atoms with Crippen molar-refractivity contribution in [1.82, 2.24) is 19.0 Å². The largest absolute Gasteiger partial charge is 0.465 e. The lowest BCUT2D eigenvalue weighted by molar-refractivity contribution is -0.140. The van der Waals surface area contributed by atoms with E-state index in [0.29, 0.717) is 18.1 Å². The Kier molecular flexibility index (Phi) is 7.42. The summed E-state index contributed by atoms with van der Waals surface area (Å²) < 4.78 is 28.0. The second kappa shape index (κ2) is 10.3. The molecule has 1 atom stereocenters. The van der Waals surface area contributed by atoms with Crippen molar-refractivity contribution in [2.75, 3.05) is 45.8 Å². The molecule has 11 heteroatoms. The van der Waals surface area contributed by atoms with Crippen LogP contribution in [0.2, 0.25) is 5.02 Å². The van der Waals surface area contributed by atoms with Gasteiger partial charge in [0.2, 0.25) is 15.9 Å². The fourth-order valence-electron chi connectivity index (χ4n) is 4.36. The second-order valence-electron chi connectivity index (χ2n) is 8.39. The standard InChI is InChI=1S/C23H27ClN4O5S/c24-19-7-4-8-20(15-19)34(32,33)28-14-13-27(16-18-5-2-1-3-6-18)21(17-28)22(29)25-9-11-26(12-10-25)23(30)31/h1-8,15,21H,9-14,16-17H2,(H,30,31). The fraction of sp³-hybridized carbons (Fsp3) is 0.391. The SMILES string of the molecule is O=C(O)N1CCN(C(=O)C2CN(S(=O)(=O)c3cccc(Cl)c3)CCN2Cc2ccccc2)CC1. The molecule has 2 saturated heterocycles. The van der Waals surface area contributed by atoms with E-state index in [4.69, 9.17) is 11.6 Å². The normalized spacial score (nSPS) is 20.3. The van der Waals surface area contributed by atoms with Gasteiger partial charge in [0.25, 0.3) is 0 Å². The van der Waals surface area contributed by atoms with Crippen molar-refractivity contribution in [2.24, 2.45) is 0 Å². The zero-order chi connectivity index (χ0) is 24.3. The fourth-order valence-corrected chi connectivity index (χ4v) is 6.10. The number of rotatable bonds is 5. The van der Waals surface area contributed by atoms with Gasteiger partial charge < -0.3 is 14.9 Å². The summed E-state index contributed by atoms with van der Waals surface area (Å²) in [5.41, 5.74) is 1.03. The van der Waals surface area contributed by atoms with Crippen molar-refractivity contribution < 1.29 is 23.1 Å². The minimum absolute atomic E-state index is 0.0136. The number of nitrogens with zero attached hydrogens (tertiary/aromatic N) is 4. The van der Waals surface area contributed by atoms with Crippen molar-refractivity contribution in [1.29, 1.82) is 0 Å². The highest BCUT2D eigenvalue weighted by atomic mass is 35.5. The van der Waals surface area contributed by atoms with E-state index in [1.807, 2.05) is 35.2 Å². The van der Waals surface area contributed by atoms with Crippen molar-refractivity contribution in [3.8, 4) is 0 Å². The van der Waals surface area contributed by atoms with Crippen LogP contribution >= 0.6 is 11.6 Å². The van der Waals surface area contributed by atoms with E-state index in [9.17, 15) is 23.1 Å². The molecule has 2 aromatic rings. The van der Waals surface area contributed by atoms with Crippen LogP contribution in [0.5, 0.6) is 0 Å². The van der Waals surface area contributed by atoms with E-state index in [1.165, 1.54) is 21.3 Å². The monoisotopic (exact) mass is 506 g/mol. The number of halogens is 1. The molecule has 9 nitrogen and oxygen atoms in total. The van der Waals surface area contributed by atoms with Gasteiger partial charge in [0.15, 0.2) is 0 Å². The van der Waals surface area contributed by atoms with Crippen LogP contribution in [0, 0.1) is 0 Å². The number of hydrogen-bond acceptors (Lipinski definition) is 5. The van der Waals surface area contributed by atoms with E-state index in [2.05, 4.69) is 0 Å². The van der Waals surface area contributed by atoms with Crippen molar-refractivity contribution >= 4 is 33.6 Å². The summed E-state index contributed by atoms with van der Waals surface area (Å²) >= 11 is 6.02. The Morgan fingerprint density at radius 3 is 2.24 bits per heavy atom. The number of piperazine rings is 2. The molecule has 0 aliphatic carbocycles. The molecule has 0 radical (unpaired) electrons. The first-order valence-corrected chi connectivity index (χ1v) is 12.9. The lowest BCUT2D eigenvalue weighted by Crippen LogP contribution is -2.62. The molecule has 2 aliphatic rings. The van der Waals surface area contributed by atoms with Gasteiger partial charge in [0.1, 0.15) is 6.04 Å². The molecule has 1 unspecified atom stereocenters. The molecule has 2 aliphatic heterocycles. The van der Waals surface area contributed by atoms with E-state index >= 15 is 0 Å². The topological polar surface area (TPSA) is 101 Å². The maximum absolute atomic E-state index is 13.6. The average molecular weight is 507 g/mol. The van der Waals surface area contributed by atoms with Crippen molar-refractivity contribution in [3.05, 3.63) is 65.2 Å². The van der Waals surface area contributed by atoms with Crippen LogP contribution in [0.3, 0.4) is 0 Å². The number of benzene rings is 2. The third-order valence-corrected chi connectivity index (χ3v) is 8.36. The Hall–Kier alpha value is -2.66. The molecule has 0 bridgehead atoms. The third-order valence-electron chi connectivity index (χ3n) is 6.26. The van der Waals surface area contributed by atoms with Crippen LogP contribution in [-0.2, 0) is 21.4 Å². The summed E-state index contributed by atoms with van der Waals surface area (Å²) in [6.45, 7) is 2.19. The highest BCUT2D eigenvalue weighted by molar-refractivity contribution is 7.89. The average Bonchev–Trinajstić information content (AvgIpc) is 2.84. The van der Waals surface area contributed by atoms with Gasteiger partial charge in [-0.25, -0.2) is 13.2 Å². The maximum atomic E-state index is 13.6. The summed E-state index contributed by atoms with van der Waals surface area (Å²) in [7, 11) is -3.83. The minimum Gasteiger partial charge on any atom is -0.465 e. The Morgan fingerprint density at radius 1 is 0.912 bits per heavy atom. The zero-order valence-corrected chi connectivity index (χ0v) is 20.2. The molecule has 0 aromatic heterocycles. The van der Waals surface area contributed by atoms with Gasteiger partial charge in [-0.15, -0.1) is 0 Å². The van der Waals surface area contributed by atoms with Crippen LogP contribution in [0.25, 0.3) is 0 Å². The minimum atomic E-state index is -3.83. The highest BCUT2D eigenvalue weighted by Gasteiger charge is 2.40. The molecule has 2 fully saturated rings. The molecule has 2 amide bonds. The predicted molar refractivity (Wildman–Crippen MR) is 127 cm³/mol. The number of sulfonamides is 1. The molecule has 2 aromatic carbocycles. The lowest BCUT2D eigenvalue weighted by Gasteiger charge is -2.43. The Morgan fingerprint density at radius 2 is 1.59 bits per heavy atom. The molecule has 182 valence electrons. The van der Waals surface area contributed by atoms with E-state index in [0.717, 1.165) is 5.56 Å². The summed E-state index contributed by atoms with van der Waals surface area (Å²) in [5, 5.41) is 9.53. The Bertz CT molecular complexity index is 1140. The van der Waals surface area contributed by atoms with Gasteiger partial charge in [-0.1, -0.05) is 48.0 Å². The van der Waals surface area contributed by atoms with Gasteiger partial charge in [-0.3, -0.25) is 9.69 Å². The van der Waals surface area contributed by atoms with Crippen LogP contribution in [0.1, 0.15) is 5.56 Å². The van der Waals surface area contributed by atoms with Gasteiger partial charge in [-0.2, -0.15) is 4.31 Å². The van der Waals surface area contributed by atoms with Gasteiger partial charge in [-0.05, 0) is 23.8 Å². The molecular weight excluding hydrogens is 480 g/mol. The van der Waals surface area contributed by atoms with E-state index in [-0.39, 0.29) is 50.1 Å². The summed E-state index contributed by atoms with van der Waals surface area (Å²) in [4.78, 5) is 29.8. The lowest BCUT2D eigenvalue weighted by atomic mass is 10.1. The molecule has 1 N–H and O–H groups in total. The maximum Gasteiger partial charge on any atom is 0.407 e. The molecule has 34 heavy (non-hydrogen) atoms. The first-order chi connectivity index (χ1) is 16.3. The number of amides is 2. The smallest absolute Gasteiger partial charge is 0.407 e. The first-order valence-electron chi connectivity index (χ1n) is 11.1. The van der Waals surface area contributed by atoms with Gasteiger partial charge in [0.05, 0.1) is 4.90 Å². The van der Waals surface area contributed by atoms with E-state index < -0.39 is 22.2 Å². The molecule has 4 rings (SSSR count). The summed E-state index contributed by atoms with van der Waals surface area (Å²) in [6.07, 6.45) is -1.01. The molecule has 0 spiro atoms. The quantitative estimate of drug-likeness (QED) is 0.666. The number of carboxylic acid groups (broad SMARTS) is 1. The van der Waals surface area contributed by atoms with Crippen molar-refractivity contribution in [2.45, 2.75) is 17.5 Å². The highest BCUT2D eigenvalue weighted by Crippen LogP contribution is 2.24. The third kappa shape index (κ3) is 5.35. The van der Waals surface area contributed by atoms with Crippen LogP contribution in [0.15, 0.2) is 59.5 Å². The Balaban J connectivity index is 1.56. The molecular formula is C23H27ClN4O5S. The van der Waals surface area contributed by atoms with Crippen LogP contribution < -0.4 is 0 Å². The second-order valence-corrected chi connectivity index (χ2v) is 10.8. The predicted octanol–water partition coefficient (Wildman–Crippen LogP) is 2.04. The van der Waals surface area contributed by atoms with Crippen LogP contribution in [-0.4, -0.2) is 96.4 Å². The molecule has 2 heterocycles. The van der Waals surface area contributed by atoms with E-state index in [1.54, 1.807) is 17.0 Å². The number of carbonyl (C=O) groups excluding carboxylic acids is 1. The zero-order valence-electron chi connectivity index (χ0n) is 18.6. The first kappa shape index (κ1) is 24.5. The number of hydrogen-bond donors (Lipinski definition) is 1. The number of carbonyl (C=O) groups is 2. The molecule has 0 saturated carbocycles. The van der Waals surface area contributed by atoms with Crippen LogP contribution in [0.4, 0.5) is 4.79 Å². The summed E-state index contributed by atoms with van der Waals surface area (Å²) in [6, 6.07) is 15.2. The van der Waals surface area contributed by atoms with Gasteiger partial charge in [0, 0.05) is 57.4 Å². The van der Waals surface area contributed by atoms with Gasteiger partial charge >= 0.3 is 6.09 Å².